The van der Waals surface area contributed by atoms with Crippen LogP contribution in [-0.4, -0.2) is 6.71 Å². The molecule has 2 aliphatic heterocycles. The fourth-order valence-corrected chi connectivity index (χ4v) is 9.92. The molecule has 0 N–H and O–H groups in total. The summed E-state index contributed by atoms with van der Waals surface area (Å²) in [5.41, 5.74) is 18.7. The van der Waals surface area contributed by atoms with Crippen LogP contribution in [0.15, 0.2) is 209 Å². The quantitative estimate of drug-likeness (QED) is 0.168. The van der Waals surface area contributed by atoms with E-state index in [4.69, 9.17) is 8.83 Å². The number of benzene rings is 9. The van der Waals surface area contributed by atoms with Crippen molar-refractivity contribution in [3.63, 3.8) is 0 Å². The van der Waals surface area contributed by atoms with Gasteiger partial charge in [0, 0.05) is 66.8 Å². The van der Waals surface area contributed by atoms with Gasteiger partial charge in [0.2, 0.25) is 0 Å². The standard InChI is InChI=1S/C54H33BN2O2/c1-3-14-36(15-4-1)56-46-24-13-25-47-52(46)55(44-30-28-34(32-48(44)56)38-20-11-22-42-40-18-7-9-26-50(40)58-53(38)42)45-31-29-35(33-49(45)57(47)37-16-5-2-6-17-37)39-21-12-23-43-41-19-8-10-27-51(41)59-54(39)43/h1-33H. The number of hydrogen-bond donors (Lipinski definition) is 0. The van der Waals surface area contributed by atoms with Gasteiger partial charge in [-0.1, -0.05) is 140 Å². The second-order valence-electron chi connectivity index (χ2n) is 15.6. The largest absolute Gasteiger partial charge is 0.455 e. The van der Waals surface area contributed by atoms with Gasteiger partial charge in [-0.05, 0) is 88.2 Å². The van der Waals surface area contributed by atoms with Crippen LogP contribution in [0.4, 0.5) is 34.1 Å². The van der Waals surface area contributed by atoms with E-state index in [9.17, 15) is 0 Å². The van der Waals surface area contributed by atoms with Gasteiger partial charge in [-0.15, -0.1) is 0 Å². The smallest absolute Gasteiger partial charge is 0.252 e. The molecule has 0 aliphatic carbocycles. The SMILES string of the molecule is c1ccc(N2c3cc(-c4cccc5c4oc4ccccc45)ccc3B3c4ccc(-c5cccc6c5oc5ccccc56)cc4N(c4ccccc4)c4cccc2c43)cc1. The highest BCUT2D eigenvalue weighted by atomic mass is 16.3. The van der Waals surface area contributed by atoms with Gasteiger partial charge in [0.1, 0.15) is 22.3 Å². The summed E-state index contributed by atoms with van der Waals surface area (Å²) in [5.74, 6) is 0. The lowest BCUT2D eigenvalue weighted by molar-refractivity contribution is 0.669. The summed E-state index contributed by atoms with van der Waals surface area (Å²) in [6.07, 6.45) is 0. The van der Waals surface area contributed by atoms with E-state index >= 15 is 0 Å². The first-order valence-corrected chi connectivity index (χ1v) is 20.2. The summed E-state index contributed by atoms with van der Waals surface area (Å²) in [5, 5.41) is 4.52. The molecule has 0 spiro atoms. The highest BCUT2D eigenvalue weighted by Crippen LogP contribution is 2.46. The average Bonchev–Trinajstić information content (AvgIpc) is 3.88. The van der Waals surface area contributed by atoms with Crippen molar-refractivity contribution in [1.82, 2.24) is 0 Å². The molecule has 59 heavy (non-hydrogen) atoms. The van der Waals surface area contributed by atoms with Crippen LogP contribution < -0.4 is 26.2 Å². The highest BCUT2D eigenvalue weighted by Gasteiger charge is 2.43. The minimum Gasteiger partial charge on any atom is -0.455 e. The van der Waals surface area contributed by atoms with Gasteiger partial charge >= 0.3 is 0 Å². The minimum atomic E-state index is -0.0155. The Hall–Kier alpha value is -7.76. The van der Waals surface area contributed by atoms with E-state index in [0.717, 1.165) is 88.9 Å². The Bertz CT molecular complexity index is 3250. The van der Waals surface area contributed by atoms with E-state index in [-0.39, 0.29) is 6.71 Å². The summed E-state index contributed by atoms with van der Waals surface area (Å²) >= 11 is 0. The minimum absolute atomic E-state index is 0.0155. The van der Waals surface area contributed by atoms with Gasteiger partial charge in [0.15, 0.2) is 0 Å². The summed E-state index contributed by atoms with van der Waals surface area (Å²) in [4.78, 5) is 4.91. The molecule has 5 heteroatoms. The fraction of sp³-hybridized carbons (Fsp3) is 0. The number of fused-ring (bicyclic) bond motifs is 10. The lowest BCUT2D eigenvalue weighted by atomic mass is 9.33. The Morgan fingerprint density at radius 2 is 0.763 bits per heavy atom. The van der Waals surface area contributed by atoms with Crippen molar-refractivity contribution in [2.24, 2.45) is 0 Å². The molecule has 4 nitrogen and oxygen atoms in total. The van der Waals surface area contributed by atoms with E-state index in [2.05, 4.69) is 198 Å². The highest BCUT2D eigenvalue weighted by molar-refractivity contribution is 7.00. The van der Waals surface area contributed by atoms with Crippen LogP contribution in [0.25, 0.3) is 66.1 Å². The first-order valence-electron chi connectivity index (χ1n) is 20.2. The zero-order valence-electron chi connectivity index (χ0n) is 31.8. The fourth-order valence-electron chi connectivity index (χ4n) is 9.92. The summed E-state index contributed by atoms with van der Waals surface area (Å²) in [7, 11) is 0. The molecule has 0 radical (unpaired) electrons. The molecule has 0 saturated carbocycles. The van der Waals surface area contributed by atoms with E-state index in [0.29, 0.717) is 0 Å². The van der Waals surface area contributed by atoms with Gasteiger partial charge < -0.3 is 18.6 Å². The molecule has 2 aliphatic rings. The first kappa shape index (κ1) is 32.3. The maximum absolute atomic E-state index is 6.58. The molecular formula is C54H33BN2O2. The van der Waals surface area contributed by atoms with Gasteiger partial charge in [-0.25, -0.2) is 0 Å². The van der Waals surface area contributed by atoms with E-state index in [1.165, 1.54) is 27.8 Å². The molecule has 0 saturated heterocycles. The Balaban J connectivity index is 1.07. The maximum atomic E-state index is 6.58. The molecule has 11 aromatic rings. The zero-order valence-corrected chi connectivity index (χ0v) is 31.8. The molecule has 0 atom stereocenters. The Kier molecular flexibility index (Phi) is 6.78. The number of furan rings is 2. The molecule has 0 bridgehead atoms. The third kappa shape index (κ3) is 4.67. The van der Waals surface area contributed by atoms with E-state index in [1.54, 1.807) is 0 Å². The van der Waals surface area contributed by atoms with Gasteiger partial charge in [0.25, 0.3) is 6.71 Å². The molecule has 2 aromatic heterocycles. The first-order chi connectivity index (χ1) is 29.3. The monoisotopic (exact) mass is 752 g/mol. The second-order valence-corrected chi connectivity index (χ2v) is 15.6. The lowest BCUT2D eigenvalue weighted by Gasteiger charge is -2.44. The summed E-state index contributed by atoms with van der Waals surface area (Å²) < 4.78 is 13.2. The molecule has 0 unspecified atom stereocenters. The molecule has 0 amide bonds. The molecule has 274 valence electrons. The normalized spacial score (nSPS) is 13.0. The second kappa shape index (κ2) is 12.4. The Labute approximate surface area is 340 Å². The summed E-state index contributed by atoms with van der Waals surface area (Å²) in [6.45, 7) is -0.0155. The van der Waals surface area contributed by atoms with Gasteiger partial charge in [-0.3, -0.25) is 0 Å². The third-order valence-electron chi connectivity index (χ3n) is 12.5. The molecule has 13 rings (SSSR count). The topological polar surface area (TPSA) is 32.8 Å². The number of hydrogen-bond acceptors (Lipinski definition) is 4. The molecule has 4 heterocycles. The van der Waals surface area contributed by atoms with Crippen LogP contribution in [0.5, 0.6) is 0 Å². The Morgan fingerprint density at radius 1 is 0.339 bits per heavy atom. The predicted molar refractivity (Wildman–Crippen MR) is 246 cm³/mol. The Morgan fingerprint density at radius 3 is 1.25 bits per heavy atom. The molecule has 9 aromatic carbocycles. The van der Waals surface area contributed by atoms with E-state index < -0.39 is 0 Å². The van der Waals surface area contributed by atoms with Crippen LogP contribution in [-0.2, 0) is 0 Å². The van der Waals surface area contributed by atoms with Crippen LogP contribution in [0.1, 0.15) is 0 Å². The maximum Gasteiger partial charge on any atom is 0.252 e. The molecule has 0 fully saturated rings. The van der Waals surface area contributed by atoms with Crippen molar-refractivity contribution < 1.29 is 8.83 Å². The van der Waals surface area contributed by atoms with Crippen molar-refractivity contribution in [2.45, 2.75) is 0 Å². The summed E-state index contributed by atoms with van der Waals surface area (Å²) in [6, 6.07) is 72.0. The zero-order chi connectivity index (χ0) is 38.6. The van der Waals surface area contributed by atoms with E-state index in [1.807, 2.05) is 12.1 Å². The number of nitrogens with zero attached hydrogens (tertiary/aromatic N) is 2. The van der Waals surface area contributed by atoms with Gasteiger partial charge in [0.05, 0.1) is 0 Å². The third-order valence-corrected chi connectivity index (χ3v) is 12.5. The lowest BCUT2D eigenvalue weighted by Crippen LogP contribution is -2.61. The number of rotatable bonds is 4. The van der Waals surface area contributed by atoms with Crippen molar-refractivity contribution in [2.75, 3.05) is 9.80 Å². The van der Waals surface area contributed by atoms with Crippen LogP contribution >= 0.6 is 0 Å². The van der Waals surface area contributed by atoms with Crippen LogP contribution in [0.2, 0.25) is 0 Å². The van der Waals surface area contributed by atoms with Crippen LogP contribution in [0.3, 0.4) is 0 Å². The van der Waals surface area contributed by atoms with Crippen molar-refractivity contribution >= 4 is 101 Å². The van der Waals surface area contributed by atoms with Crippen molar-refractivity contribution in [1.29, 1.82) is 0 Å². The average molecular weight is 753 g/mol. The van der Waals surface area contributed by atoms with Crippen molar-refractivity contribution in [3.8, 4) is 22.3 Å². The van der Waals surface area contributed by atoms with Crippen molar-refractivity contribution in [3.05, 3.63) is 200 Å². The van der Waals surface area contributed by atoms with Crippen LogP contribution in [0, 0.1) is 0 Å². The predicted octanol–water partition coefficient (Wildman–Crippen LogP) is 12.9. The molecular weight excluding hydrogens is 719 g/mol. The number of anilines is 6. The number of para-hydroxylation sites is 6. The van der Waals surface area contributed by atoms with Gasteiger partial charge in [-0.2, -0.15) is 0 Å².